The number of nitrogens with one attached hydrogen (secondary N) is 1. The van der Waals surface area contributed by atoms with Crippen molar-refractivity contribution in [2.24, 2.45) is 0 Å². The molecule has 1 heterocycles. The molecule has 0 aliphatic carbocycles. The quantitative estimate of drug-likeness (QED) is 0.874. The van der Waals surface area contributed by atoms with Crippen molar-refractivity contribution in [1.29, 1.82) is 0 Å². The predicted octanol–water partition coefficient (Wildman–Crippen LogP) is 3.69. The SMILES string of the molecule is CCNC(c1ccc(F)c(OC)c1)c1ccc(CC)o1. The van der Waals surface area contributed by atoms with Crippen LogP contribution >= 0.6 is 0 Å². The number of hydrogen-bond donors (Lipinski definition) is 1. The molecule has 0 amide bonds. The first-order chi connectivity index (χ1) is 9.69. The molecule has 0 bridgehead atoms. The van der Waals surface area contributed by atoms with Crippen LogP contribution in [-0.2, 0) is 6.42 Å². The minimum Gasteiger partial charge on any atom is -0.494 e. The van der Waals surface area contributed by atoms with Crippen molar-refractivity contribution in [3.8, 4) is 5.75 Å². The summed E-state index contributed by atoms with van der Waals surface area (Å²) in [7, 11) is 1.46. The summed E-state index contributed by atoms with van der Waals surface area (Å²) >= 11 is 0. The Kier molecular flexibility index (Phi) is 4.79. The molecule has 1 atom stereocenters. The van der Waals surface area contributed by atoms with Gasteiger partial charge in [-0.15, -0.1) is 0 Å². The molecule has 0 radical (unpaired) electrons. The zero-order valence-electron chi connectivity index (χ0n) is 12.1. The molecular weight excluding hydrogens is 257 g/mol. The van der Waals surface area contributed by atoms with E-state index >= 15 is 0 Å². The van der Waals surface area contributed by atoms with E-state index in [1.54, 1.807) is 12.1 Å². The van der Waals surface area contributed by atoms with Gasteiger partial charge in [0.2, 0.25) is 0 Å². The first kappa shape index (κ1) is 14.6. The van der Waals surface area contributed by atoms with Crippen molar-refractivity contribution < 1.29 is 13.5 Å². The summed E-state index contributed by atoms with van der Waals surface area (Å²) in [5.41, 5.74) is 0.919. The van der Waals surface area contributed by atoms with Gasteiger partial charge in [0.05, 0.1) is 13.2 Å². The molecule has 0 saturated carbocycles. The van der Waals surface area contributed by atoms with Crippen molar-refractivity contribution in [3.63, 3.8) is 0 Å². The minimum absolute atomic E-state index is 0.102. The number of hydrogen-bond acceptors (Lipinski definition) is 3. The van der Waals surface area contributed by atoms with Crippen LogP contribution in [-0.4, -0.2) is 13.7 Å². The molecule has 0 saturated heterocycles. The van der Waals surface area contributed by atoms with Gasteiger partial charge in [-0.1, -0.05) is 19.9 Å². The van der Waals surface area contributed by atoms with E-state index in [9.17, 15) is 4.39 Å². The number of halogens is 1. The van der Waals surface area contributed by atoms with Crippen LogP contribution in [0.2, 0.25) is 0 Å². The lowest BCUT2D eigenvalue weighted by Gasteiger charge is -2.17. The Bertz CT molecular complexity index is 565. The van der Waals surface area contributed by atoms with Gasteiger partial charge in [0, 0.05) is 6.42 Å². The Morgan fingerprint density at radius 3 is 2.65 bits per heavy atom. The van der Waals surface area contributed by atoms with Crippen LogP contribution in [0.4, 0.5) is 4.39 Å². The molecule has 3 nitrogen and oxygen atoms in total. The third-order valence-electron chi connectivity index (χ3n) is 3.23. The average Bonchev–Trinajstić information content (AvgIpc) is 2.94. The average molecular weight is 277 g/mol. The summed E-state index contributed by atoms with van der Waals surface area (Å²) in [6, 6.07) is 8.70. The van der Waals surface area contributed by atoms with E-state index in [4.69, 9.17) is 9.15 Å². The molecule has 1 N–H and O–H groups in total. The highest BCUT2D eigenvalue weighted by Crippen LogP contribution is 2.28. The summed E-state index contributed by atoms with van der Waals surface area (Å²) in [5, 5.41) is 3.35. The van der Waals surface area contributed by atoms with Gasteiger partial charge in [-0.25, -0.2) is 4.39 Å². The Balaban J connectivity index is 2.37. The van der Waals surface area contributed by atoms with Crippen molar-refractivity contribution in [3.05, 3.63) is 53.2 Å². The predicted molar refractivity (Wildman–Crippen MR) is 76.6 cm³/mol. The van der Waals surface area contributed by atoms with Gasteiger partial charge < -0.3 is 14.5 Å². The van der Waals surface area contributed by atoms with Crippen LogP contribution in [0, 0.1) is 5.82 Å². The zero-order chi connectivity index (χ0) is 14.5. The molecule has 1 aromatic heterocycles. The van der Waals surface area contributed by atoms with Crippen LogP contribution in [0.15, 0.2) is 34.7 Å². The molecule has 0 aliphatic heterocycles. The summed E-state index contributed by atoms with van der Waals surface area (Å²) < 4.78 is 24.4. The first-order valence-corrected chi connectivity index (χ1v) is 6.85. The lowest BCUT2D eigenvalue weighted by molar-refractivity contribution is 0.383. The Morgan fingerprint density at radius 1 is 1.25 bits per heavy atom. The monoisotopic (exact) mass is 277 g/mol. The summed E-state index contributed by atoms with van der Waals surface area (Å²) in [5.74, 6) is 1.65. The molecule has 2 aromatic rings. The van der Waals surface area contributed by atoms with Gasteiger partial charge in [-0.3, -0.25) is 0 Å². The second kappa shape index (κ2) is 6.57. The van der Waals surface area contributed by atoms with E-state index in [2.05, 4.69) is 5.32 Å². The fourth-order valence-electron chi connectivity index (χ4n) is 2.18. The number of aryl methyl sites for hydroxylation is 1. The summed E-state index contributed by atoms with van der Waals surface area (Å²) in [6.45, 7) is 4.86. The maximum atomic E-state index is 13.5. The highest BCUT2D eigenvalue weighted by molar-refractivity contribution is 5.35. The second-order valence-electron chi connectivity index (χ2n) is 4.54. The van der Waals surface area contributed by atoms with Crippen molar-refractivity contribution >= 4 is 0 Å². The fourth-order valence-corrected chi connectivity index (χ4v) is 2.18. The fraction of sp³-hybridized carbons (Fsp3) is 0.375. The number of furan rings is 1. The van der Waals surface area contributed by atoms with Crippen molar-refractivity contribution in [2.75, 3.05) is 13.7 Å². The van der Waals surface area contributed by atoms with Gasteiger partial charge in [-0.2, -0.15) is 0 Å². The molecule has 20 heavy (non-hydrogen) atoms. The molecule has 0 aliphatic rings. The topological polar surface area (TPSA) is 34.4 Å². The van der Waals surface area contributed by atoms with E-state index in [0.717, 1.165) is 30.0 Å². The van der Waals surface area contributed by atoms with Crippen LogP contribution in [0.1, 0.15) is 37.0 Å². The van der Waals surface area contributed by atoms with Crippen molar-refractivity contribution in [1.82, 2.24) is 5.32 Å². The highest BCUT2D eigenvalue weighted by Gasteiger charge is 2.18. The molecule has 1 aromatic carbocycles. The lowest BCUT2D eigenvalue weighted by atomic mass is 10.0. The molecule has 108 valence electrons. The molecule has 0 fully saturated rings. The maximum Gasteiger partial charge on any atom is 0.165 e. The standard InChI is InChI=1S/C16H20FNO2/c1-4-12-7-9-14(20-12)16(18-5-2)11-6-8-13(17)15(10-11)19-3/h6-10,16,18H,4-5H2,1-3H3. The van der Waals surface area contributed by atoms with Crippen molar-refractivity contribution in [2.45, 2.75) is 26.3 Å². The molecular formula is C16H20FNO2. The van der Waals surface area contributed by atoms with Crippen LogP contribution in [0.3, 0.4) is 0 Å². The van der Waals surface area contributed by atoms with E-state index < -0.39 is 0 Å². The Morgan fingerprint density at radius 2 is 2.05 bits per heavy atom. The first-order valence-electron chi connectivity index (χ1n) is 6.85. The minimum atomic E-state index is -0.361. The Hall–Kier alpha value is -1.81. The largest absolute Gasteiger partial charge is 0.494 e. The normalized spacial score (nSPS) is 12.4. The molecule has 0 spiro atoms. The van der Waals surface area contributed by atoms with E-state index in [0.29, 0.717) is 0 Å². The zero-order valence-corrected chi connectivity index (χ0v) is 12.1. The maximum absolute atomic E-state index is 13.5. The molecule has 4 heteroatoms. The third-order valence-corrected chi connectivity index (χ3v) is 3.23. The van der Waals surface area contributed by atoms with Crippen LogP contribution < -0.4 is 10.1 Å². The number of ether oxygens (including phenoxy) is 1. The highest BCUT2D eigenvalue weighted by atomic mass is 19.1. The number of benzene rings is 1. The summed E-state index contributed by atoms with van der Waals surface area (Å²) in [6.07, 6.45) is 0.853. The van der Waals surface area contributed by atoms with Gasteiger partial charge >= 0.3 is 0 Å². The van der Waals surface area contributed by atoms with Gasteiger partial charge in [-0.05, 0) is 36.4 Å². The third kappa shape index (κ3) is 3.02. The van der Waals surface area contributed by atoms with Crippen LogP contribution in [0.5, 0.6) is 5.75 Å². The number of methoxy groups -OCH3 is 1. The second-order valence-corrected chi connectivity index (χ2v) is 4.54. The Labute approximate surface area is 118 Å². The van der Waals surface area contributed by atoms with Crippen LogP contribution in [0.25, 0.3) is 0 Å². The molecule has 1 unspecified atom stereocenters. The van der Waals surface area contributed by atoms with Gasteiger partial charge in [0.1, 0.15) is 11.5 Å². The summed E-state index contributed by atoms with van der Waals surface area (Å²) in [4.78, 5) is 0. The number of rotatable bonds is 6. The van der Waals surface area contributed by atoms with Gasteiger partial charge in [0.25, 0.3) is 0 Å². The molecule has 2 rings (SSSR count). The van der Waals surface area contributed by atoms with E-state index in [1.165, 1.54) is 13.2 Å². The van der Waals surface area contributed by atoms with E-state index in [1.807, 2.05) is 26.0 Å². The smallest absolute Gasteiger partial charge is 0.165 e. The van der Waals surface area contributed by atoms with E-state index in [-0.39, 0.29) is 17.6 Å². The lowest BCUT2D eigenvalue weighted by Crippen LogP contribution is -2.21. The van der Waals surface area contributed by atoms with Gasteiger partial charge in [0.15, 0.2) is 11.6 Å².